The van der Waals surface area contributed by atoms with Crippen molar-refractivity contribution in [2.75, 3.05) is 13.1 Å². The van der Waals surface area contributed by atoms with Gasteiger partial charge in [-0.15, -0.1) is 0 Å². The van der Waals surface area contributed by atoms with E-state index in [0.717, 1.165) is 42.9 Å². The third-order valence-electron chi connectivity index (χ3n) is 4.13. The minimum atomic E-state index is 0.456. The van der Waals surface area contributed by atoms with Crippen LogP contribution in [0.5, 0.6) is 0 Å². The van der Waals surface area contributed by atoms with Gasteiger partial charge in [0, 0.05) is 31.4 Å². The van der Waals surface area contributed by atoms with Gasteiger partial charge in [-0.3, -0.25) is 10.00 Å². The number of hydrogen-bond acceptors (Lipinski definition) is 3. The topological polar surface area (TPSA) is 57.9 Å². The van der Waals surface area contributed by atoms with Crippen LogP contribution in [-0.4, -0.2) is 34.2 Å². The Kier molecular flexibility index (Phi) is 2.48. The molecule has 1 saturated heterocycles. The van der Waals surface area contributed by atoms with Crippen LogP contribution in [0.2, 0.25) is 0 Å². The largest absolute Gasteiger partial charge is 0.327 e. The third kappa shape index (κ3) is 1.76. The molecule has 2 heterocycles. The predicted molar refractivity (Wildman–Crippen MR) is 62.8 cm³/mol. The lowest BCUT2D eigenvalue weighted by atomic mass is 9.93. The van der Waals surface area contributed by atoms with Crippen LogP contribution in [0.3, 0.4) is 0 Å². The van der Waals surface area contributed by atoms with E-state index in [-0.39, 0.29) is 0 Å². The zero-order valence-electron chi connectivity index (χ0n) is 9.82. The molecule has 3 atom stereocenters. The Morgan fingerprint density at radius 3 is 2.69 bits per heavy atom. The molecule has 1 saturated carbocycles. The number of fused-ring (bicyclic) bond motifs is 2. The Hall–Kier alpha value is -0.870. The number of rotatable bonds is 2. The highest BCUT2D eigenvalue weighted by Gasteiger charge is 2.39. The summed E-state index contributed by atoms with van der Waals surface area (Å²) in [6.07, 6.45) is 2.64. The van der Waals surface area contributed by atoms with E-state index < -0.39 is 0 Å². The van der Waals surface area contributed by atoms with Gasteiger partial charge in [0.1, 0.15) is 0 Å². The highest BCUT2D eigenvalue weighted by Crippen LogP contribution is 2.35. The van der Waals surface area contributed by atoms with Crippen molar-refractivity contribution < 1.29 is 0 Å². The number of nitrogens with two attached hydrogens (primary N) is 1. The Morgan fingerprint density at radius 1 is 1.44 bits per heavy atom. The van der Waals surface area contributed by atoms with E-state index in [1.54, 1.807) is 0 Å². The molecule has 0 aromatic carbocycles. The standard InChI is InChI=1S/C12H20N4/c1-8-4-11(15-14-8)7-16-5-9-2-3-10(6-16)12(9)13/h4,9-10,12H,2-3,5-7,13H2,1H3,(H,14,15)/t9-,10+,12?. The van der Waals surface area contributed by atoms with Gasteiger partial charge in [-0.25, -0.2) is 0 Å². The molecular formula is C12H20N4. The van der Waals surface area contributed by atoms with Gasteiger partial charge in [-0.05, 0) is 37.7 Å². The fraction of sp³-hybridized carbons (Fsp3) is 0.750. The van der Waals surface area contributed by atoms with Crippen molar-refractivity contribution in [2.45, 2.75) is 32.4 Å². The van der Waals surface area contributed by atoms with Gasteiger partial charge in [0.05, 0.1) is 5.69 Å². The monoisotopic (exact) mass is 220 g/mol. The molecule has 88 valence electrons. The fourth-order valence-corrected chi connectivity index (χ4v) is 3.28. The van der Waals surface area contributed by atoms with E-state index in [1.165, 1.54) is 12.8 Å². The number of hydrogen-bond donors (Lipinski definition) is 2. The molecule has 1 aliphatic heterocycles. The van der Waals surface area contributed by atoms with Crippen LogP contribution >= 0.6 is 0 Å². The van der Waals surface area contributed by atoms with Crippen LogP contribution in [0.1, 0.15) is 24.2 Å². The van der Waals surface area contributed by atoms with Crippen molar-refractivity contribution >= 4 is 0 Å². The Morgan fingerprint density at radius 2 is 2.12 bits per heavy atom. The summed E-state index contributed by atoms with van der Waals surface area (Å²) in [6, 6.07) is 2.59. The van der Waals surface area contributed by atoms with Gasteiger partial charge in [0.15, 0.2) is 0 Å². The number of nitrogens with zero attached hydrogens (tertiary/aromatic N) is 2. The molecule has 16 heavy (non-hydrogen) atoms. The summed E-state index contributed by atoms with van der Waals surface area (Å²) in [6.45, 7) is 5.34. The smallest absolute Gasteiger partial charge is 0.0765 e. The number of piperidine rings is 1. The van der Waals surface area contributed by atoms with Crippen molar-refractivity contribution in [3.63, 3.8) is 0 Å². The minimum Gasteiger partial charge on any atom is -0.327 e. The van der Waals surface area contributed by atoms with Gasteiger partial charge in [-0.2, -0.15) is 5.10 Å². The van der Waals surface area contributed by atoms with Crippen molar-refractivity contribution in [1.82, 2.24) is 15.1 Å². The molecule has 0 radical (unpaired) electrons. The van der Waals surface area contributed by atoms with Gasteiger partial charge < -0.3 is 5.73 Å². The lowest BCUT2D eigenvalue weighted by Gasteiger charge is -2.35. The van der Waals surface area contributed by atoms with E-state index in [1.807, 2.05) is 6.92 Å². The maximum atomic E-state index is 6.20. The Bertz CT molecular complexity index is 359. The molecule has 1 aliphatic carbocycles. The highest BCUT2D eigenvalue weighted by molar-refractivity contribution is 5.07. The highest BCUT2D eigenvalue weighted by atomic mass is 15.2. The van der Waals surface area contributed by atoms with E-state index in [2.05, 4.69) is 21.2 Å². The molecule has 3 rings (SSSR count). The first-order chi connectivity index (χ1) is 7.72. The summed E-state index contributed by atoms with van der Waals surface area (Å²) >= 11 is 0. The second-order valence-electron chi connectivity index (χ2n) is 5.41. The summed E-state index contributed by atoms with van der Waals surface area (Å²) in [5, 5.41) is 7.31. The normalized spacial score (nSPS) is 34.5. The Labute approximate surface area is 96.2 Å². The number of H-pyrrole nitrogens is 1. The average molecular weight is 220 g/mol. The van der Waals surface area contributed by atoms with Crippen molar-refractivity contribution in [3.8, 4) is 0 Å². The quantitative estimate of drug-likeness (QED) is 0.778. The summed E-state index contributed by atoms with van der Waals surface area (Å²) in [4.78, 5) is 2.52. The summed E-state index contributed by atoms with van der Waals surface area (Å²) in [7, 11) is 0. The molecule has 4 nitrogen and oxygen atoms in total. The molecule has 2 aliphatic rings. The SMILES string of the molecule is Cc1cc(CN2C[C@H]3CC[C@@H](C2)C3N)n[nH]1. The molecule has 1 aromatic rings. The van der Waals surface area contributed by atoms with E-state index in [9.17, 15) is 0 Å². The van der Waals surface area contributed by atoms with Gasteiger partial charge in [0.25, 0.3) is 0 Å². The number of aromatic amines is 1. The van der Waals surface area contributed by atoms with Crippen LogP contribution in [0, 0.1) is 18.8 Å². The number of likely N-dealkylation sites (tertiary alicyclic amines) is 1. The average Bonchev–Trinajstić information content (AvgIpc) is 2.72. The molecule has 1 unspecified atom stereocenters. The molecule has 3 N–H and O–H groups in total. The summed E-state index contributed by atoms with van der Waals surface area (Å²) < 4.78 is 0. The number of aryl methyl sites for hydroxylation is 1. The third-order valence-corrected chi connectivity index (χ3v) is 4.13. The van der Waals surface area contributed by atoms with Crippen LogP contribution in [0.4, 0.5) is 0 Å². The predicted octanol–water partition coefficient (Wildman–Crippen LogP) is 0.887. The van der Waals surface area contributed by atoms with E-state index in [0.29, 0.717) is 6.04 Å². The first-order valence-electron chi connectivity index (χ1n) is 6.21. The van der Waals surface area contributed by atoms with Crippen LogP contribution < -0.4 is 5.73 Å². The molecule has 2 bridgehead atoms. The molecule has 1 aromatic heterocycles. The number of aromatic nitrogens is 2. The zero-order valence-corrected chi connectivity index (χ0v) is 9.82. The van der Waals surface area contributed by atoms with Crippen molar-refractivity contribution in [2.24, 2.45) is 17.6 Å². The van der Waals surface area contributed by atoms with Crippen LogP contribution in [0.25, 0.3) is 0 Å². The van der Waals surface area contributed by atoms with Gasteiger partial charge in [-0.1, -0.05) is 0 Å². The lowest BCUT2D eigenvalue weighted by molar-refractivity contribution is 0.139. The molecule has 0 spiro atoms. The zero-order chi connectivity index (χ0) is 11.1. The fourth-order valence-electron chi connectivity index (χ4n) is 3.28. The molecule has 2 fully saturated rings. The van der Waals surface area contributed by atoms with Crippen LogP contribution in [-0.2, 0) is 6.54 Å². The first-order valence-corrected chi connectivity index (χ1v) is 6.21. The van der Waals surface area contributed by atoms with E-state index in [4.69, 9.17) is 5.73 Å². The van der Waals surface area contributed by atoms with Crippen molar-refractivity contribution in [1.29, 1.82) is 0 Å². The van der Waals surface area contributed by atoms with Crippen molar-refractivity contribution in [3.05, 3.63) is 17.5 Å². The summed E-state index contributed by atoms with van der Waals surface area (Å²) in [5.41, 5.74) is 8.50. The lowest BCUT2D eigenvalue weighted by Crippen LogP contribution is -2.48. The second-order valence-corrected chi connectivity index (χ2v) is 5.41. The number of nitrogens with one attached hydrogen (secondary N) is 1. The molecular weight excluding hydrogens is 200 g/mol. The van der Waals surface area contributed by atoms with Crippen LogP contribution in [0.15, 0.2) is 6.07 Å². The first kappa shape index (κ1) is 10.3. The maximum Gasteiger partial charge on any atom is 0.0765 e. The second kappa shape index (κ2) is 3.86. The van der Waals surface area contributed by atoms with Gasteiger partial charge >= 0.3 is 0 Å². The van der Waals surface area contributed by atoms with E-state index >= 15 is 0 Å². The Balaban J connectivity index is 1.65. The molecule has 0 amide bonds. The minimum absolute atomic E-state index is 0.456. The molecule has 4 heteroatoms. The maximum absolute atomic E-state index is 6.20. The van der Waals surface area contributed by atoms with Gasteiger partial charge in [0.2, 0.25) is 0 Å². The summed E-state index contributed by atoms with van der Waals surface area (Å²) in [5.74, 6) is 1.44.